The highest BCUT2D eigenvalue weighted by molar-refractivity contribution is 6.30. The molecule has 0 spiro atoms. The van der Waals surface area contributed by atoms with E-state index in [0.29, 0.717) is 18.2 Å². The Morgan fingerprint density at radius 1 is 1.16 bits per heavy atom. The van der Waals surface area contributed by atoms with Gasteiger partial charge in [-0.3, -0.25) is 4.79 Å². The third-order valence-corrected chi connectivity index (χ3v) is 6.28. The number of amides is 1. The number of ether oxygens (including phenoxy) is 1. The van der Waals surface area contributed by atoms with E-state index in [4.69, 9.17) is 16.3 Å². The van der Waals surface area contributed by atoms with Crippen molar-refractivity contribution < 1.29 is 9.53 Å². The van der Waals surface area contributed by atoms with Crippen molar-refractivity contribution in [1.29, 1.82) is 0 Å². The highest BCUT2D eigenvalue weighted by Gasteiger charge is 2.43. The van der Waals surface area contributed by atoms with Crippen molar-refractivity contribution in [1.82, 2.24) is 10.6 Å². The molecule has 0 unspecified atom stereocenters. The lowest BCUT2D eigenvalue weighted by Crippen LogP contribution is -2.51. The molecule has 0 atom stereocenters. The third-order valence-electron chi connectivity index (χ3n) is 6.03. The molecule has 0 radical (unpaired) electrons. The second-order valence-electron chi connectivity index (χ2n) is 7.66. The van der Waals surface area contributed by atoms with E-state index in [1.807, 2.05) is 24.3 Å². The number of halogens is 1. The van der Waals surface area contributed by atoms with Crippen LogP contribution in [0, 0.1) is 5.41 Å². The van der Waals surface area contributed by atoms with E-state index >= 15 is 0 Å². The van der Waals surface area contributed by atoms with Gasteiger partial charge in [-0.15, -0.1) is 0 Å². The zero-order valence-corrected chi connectivity index (χ0v) is 15.8. The van der Waals surface area contributed by atoms with E-state index in [-0.39, 0.29) is 11.3 Å². The minimum atomic E-state index is -0.397. The predicted octanol–water partition coefficient (Wildman–Crippen LogP) is 3.28. The van der Waals surface area contributed by atoms with Gasteiger partial charge in [0, 0.05) is 24.1 Å². The summed E-state index contributed by atoms with van der Waals surface area (Å²) in [4.78, 5) is 13.2. The smallest absolute Gasteiger partial charge is 0.230 e. The molecule has 2 N–H and O–H groups in total. The van der Waals surface area contributed by atoms with Gasteiger partial charge in [0.05, 0.1) is 12.0 Å². The van der Waals surface area contributed by atoms with Crippen LogP contribution in [0.5, 0.6) is 0 Å². The van der Waals surface area contributed by atoms with Crippen LogP contribution in [0.3, 0.4) is 0 Å². The molecule has 1 aromatic carbocycles. The summed E-state index contributed by atoms with van der Waals surface area (Å²) < 4.78 is 5.47. The largest absolute Gasteiger partial charge is 0.384 e. The molecule has 4 nitrogen and oxygen atoms in total. The molecule has 1 saturated carbocycles. The Labute approximate surface area is 155 Å². The highest BCUT2D eigenvalue weighted by Crippen LogP contribution is 2.42. The molecule has 25 heavy (non-hydrogen) atoms. The first-order chi connectivity index (χ1) is 12.1. The monoisotopic (exact) mass is 364 g/mol. The number of carbonyl (C=O) groups excluding carboxylic acids is 1. The molecule has 5 heteroatoms. The first-order valence-electron chi connectivity index (χ1n) is 9.34. The van der Waals surface area contributed by atoms with Crippen LogP contribution in [0.15, 0.2) is 24.3 Å². The van der Waals surface area contributed by atoms with Crippen molar-refractivity contribution in [3.8, 4) is 0 Å². The Bertz CT molecular complexity index is 570. The minimum Gasteiger partial charge on any atom is -0.384 e. The fraction of sp³-hybridized carbons (Fsp3) is 0.650. The summed E-state index contributed by atoms with van der Waals surface area (Å²) in [6, 6.07) is 7.82. The Kier molecular flexibility index (Phi) is 6.03. The van der Waals surface area contributed by atoms with Gasteiger partial charge in [-0.25, -0.2) is 0 Å². The van der Waals surface area contributed by atoms with E-state index in [0.717, 1.165) is 57.2 Å². The lowest BCUT2D eigenvalue weighted by Gasteiger charge is -2.38. The standard InChI is InChI=1S/C20H29ClN2O2/c1-25-15-19(10-12-22-13-11-19)14-23-18(24)20(8-2-3-9-20)16-4-6-17(21)7-5-16/h4-7,22H,2-3,8-15H2,1H3,(H,23,24). The topological polar surface area (TPSA) is 50.4 Å². The van der Waals surface area contributed by atoms with E-state index in [9.17, 15) is 4.79 Å². The van der Waals surface area contributed by atoms with Crippen molar-refractivity contribution >= 4 is 17.5 Å². The molecule has 1 amide bonds. The minimum absolute atomic E-state index is 0.0510. The molecule has 1 aliphatic carbocycles. The summed E-state index contributed by atoms with van der Waals surface area (Å²) in [6.07, 6.45) is 6.11. The number of benzene rings is 1. The van der Waals surface area contributed by atoms with Crippen molar-refractivity contribution in [2.24, 2.45) is 5.41 Å². The maximum absolute atomic E-state index is 13.2. The number of nitrogens with one attached hydrogen (secondary N) is 2. The van der Waals surface area contributed by atoms with Gasteiger partial charge in [0.1, 0.15) is 0 Å². The van der Waals surface area contributed by atoms with Crippen molar-refractivity contribution in [2.75, 3.05) is 33.4 Å². The average molecular weight is 365 g/mol. The number of hydrogen-bond acceptors (Lipinski definition) is 3. The molecule has 0 bridgehead atoms. The Morgan fingerprint density at radius 2 is 1.80 bits per heavy atom. The van der Waals surface area contributed by atoms with Gasteiger partial charge >= 0.3 is 0 Å². The van der Waals surface area contributed by atoms with Crippen LogP contribution in [0.4, 0.5) is 0 Å². The summed E-state index contributed by atoms with van der Waals surface area (Å²) in [6.45, 7) is 3.36. The van der Waals surface area contributed by atoms with Crippen molar-refractivity contribution in [2.45, 2.75) is 43.9 Å². The molecule has 0 aromatic heterocycles. The van der Waals surface area contributed by atoms with Gasteiger partial charge in [0.25, 0.3) is 0 Å². The predicted molar refractivity (Wildman–Crippen MR) is 101 cm³/mol. The second-order valence-corrected chi connectivity index (χ2v) is 8.10. The van der Waals surface area contributed by atoms with Crippen LogP contribution < -0.4 is 10.6 Å². The van der Waals surface area contributed by atoms with E-state index in [1.54, 1.807) is 7.11 Å². The molecular formula is C20H29ClN2O2. The molecule has 2 fully saturated rings. The van der Waals surface area contributed by atoms with Crippen LogP contribution in [0.25, 0.3) is 0 Å². The van der Waals surface area contributed by atoms with Crippen molar-refractivity contribution in [3.63, 3.8) is 0 Å². The Morgan fingerprint density at radius 3 is 2.40 bits per heavy atom. The third kappa shape index (κ3) is 4.02. The number of carbonyl (C=O) groups is 1. The number of hydrogen-bond donors (Lipinski definition) is 2. The maximum atomic E-state index is 13.2. The number of methoxy groups -OCH3 is 1. The summed E-state index contributed by atoms with van der Waals surface area (Å²) in [7, 11) is 1.75. The number of rotatable bonds is 6. The fourth-order valence-electron chi connectivity index (χ4n) is 4.47. The molecule has 2 aliphatic rings. The van der Waals surface area contributed by atoms with Crippen LogP contribution in [0.1, 0.15) is 44.1 Å². The van der Waals surface area contributed by atoms with Gasteiger partial charge in [-0.1, -0.05) is 36.6 Å². The SMILES string of the molecule is COCC1(CNC(=O)C2(c3ccc(Cl)cc3)CCCC2)CCNCC1. The van der Waals surface area contributed by atoms with Gasteiger partial charge in [-0.05, 0) is 56.5 Å². The molecule has 1 aliphatic heterocycles. The zero-order chi connectivity index (χ0) is 17.8. The van der Waals surface area contributed by atoms with Gasteiger partial charge in [0.2, 0.25) is 5.91 Å². The second kappa shape index (κ2) is 8.07. The van der Waals surface area contributed by atoms with E-state index < -0.39 is 5.41 Å². The summed E-state index contributed by atoms with van der Waals surface area (Å²) in [5.74, 6) is 0.168. The molecule has 1 saturated heterocycles. The average Bonchev–Trinajstić information content (AvgIpc) is 3.12. The van der Waals surface area contributed by atoms with Crippen molar-refractivity contribution in [3.05, 3.63) is 34.9 Å². The normalized spacial score (nSPS) is 21.8. The van der Waals surface area contributed by atoms with E-state index in [1.165, 1.54) is 0 Å². The van der Waals surface area contributed by atoms with Gasteiger partial charge in [0.15, 0.2) is 0 Å². The first-order valence-corrected chi connectivity index (χ1v) is 9.72. The lowest BCUT2D eigenvalue weighted by atomic mass is 9.76. The quantitative estimate of drug-likeness (QED) is 0.814. The molecule has 3 rings (SSSR count). The summed E-state index contributed by atoms with van der Waals surface area (Å²) in [5.41, 5.74) is 0.749. The maximum Gasteiger partial charge on any atom is 0.230 e. The van der Waals surface area contributed by atoms with Crippen LogP contribution in [-0.4, -0.2) is 39.3 Å². The lowest BCUT2D eigenvalue weighted by molar-refractivity contribution is -0.127. The van der Waals surface area contributed by atoms with Gasteiger partial charge < -0.3 is 15.4 Å². The van der Waals surface area contributed by atoms with Gasteiger partial charge in [-0.2, -0.15) is 0 Å². The summed E-state index contributed by atoms with van der Waals surface area (Å²) in [5, 5.41) is 7.41. The molecule has 138 valence electrons. The van der Waals surface area contributed by atoms with Crippen LogP contribution >= 0.6 is 11.6 Å². The molecule has 1 heterocycles. The Balaban J connectivity index is 1.74. The fourth-order valence-corrected chi connectivity index (χ4v) is 4.59. The Hall–Kier alpha value is -1.10. The van der Waals surface area contributed by atoms with Crippen LogP contribution in [0.2, 0.25) is 5.02 Å². The summed E-state index contributed by atoms with van der Waals surface area (Å²) >= 11 is 6.04. The first kappa shape index (κ1) is 18.7. The van der Waals surface area contributed by atoms with Crippen LogP contribution in [-0.2, 0) is 14.9 Å². The zero-order valence-electron chi connectivity index (χ0n) is 15.1. The molecule has 1 aromatic rings. The van der Waals surface area contributed by atoms with E-state index in [2.05, 4.69) is 10.6 Å². The molecular weight excluding hydrogens is 336 g/mol. The highest BCUT2D eigenvalue weighted by atomic mass is 35.5. The number of piperidine rings is 1.